The van der Waals surface area contributed by atoms with Gasteiger partial charge in [0.15, 0.2) is 0 Å². The number of amides is 1. The van der Waals surface area contributed by atoms with Crippen LogP contribution in [0.25, 0.3) is 0 Å². The highest BCUT2D eigenvalue weighted by atomic mass is 35.5. The molecule has 0 aliphatic heterocycles. The van der Waals surface area contributed by atoms with Gasteiger partial charge >= 0.3 is 6.18 Å². The van der Waals surface area contributed by atoms with E-state index >= 15 is 0 Å². The van der Waals surface area contributed by atoms with Crippen molar-refractivity contribution in [2.24, 2.45) is 0 Å². The third kappa shape index (κ3) is 7.05. The molecule has 164 valence electrons. The zero-order valence-electron chi connectivity index (χ0n) is 16.4. The Morgan fingerprint density at radius 1 is 1.17 bits per heavy atom. The predicted molar refractivity (Wildman–Crippen MR) is 110 cm³/mol. The van der Waals surface area contributed by atoms with E-state index in [4.69, 9.17) is 32.7 Å². The summed E-state index contributed by atoms with van der Waals surface area (Å²) < 4.78 is 49.5. The van der Waals surface area contributed by atoms with E-state index in [1.807, 2.05) is 0 Å². The van der Waals surface area contributed by atoms with Crippen molar-refractivity contribution in [3.05, 3.63) is 57.6 Å². The molecule has 0 spiro atoms. The lowest BCUT2D eigenvalue weighted by Crippen LogP contribution is -2.30. The van der Waals surface area contributed by atoms with Crippen LogP contribution >= 0.6 is 23.2 Å². The van der Waals surface area contributed by atoms with E-state index in [2.05, 4.69) is 5.32 Å². The molecule has 0 atom stereocenters. The Morgan fingerprint density at radius 3 is 2.57 bits per heavy atom. The van der Waals surface area contributed by atoms with Gasteiger partial charge in [0, 0.05) is 13.7 Å². The van der Waals surface area contributed by atoms with Crippen molar-refractivity contribution < 1.29 is 27.4 Å². The van der Waals surface area contributed by atoms with Crippen LogP contribution in [0, 0.1) is 0 Å². The number of halogens is 5. The molecule has 2 aromatic rings. The number of likely N-dealkylation sites (N-methyl/N-ethyl adjacent to an activating group) is 1. The monoisotopic (exact) mass is 464 g/mol. The summed E-state index contributed by atoms with van der Waals surface area (Å²) in [5.41, 5.74) is -0.238. The van der Waals surface area contributed by atoms with Gasteiger partial charge in [0.2, 0.25) is 5.91 Å². The standard InChI is InChI=1S/C20H21Cl2F3N2O3/c1-27(11-13-4-3-5-15(21)19(13)22)12-18(28)26-16-10-14(20(23,24)25)6-7-17(16)30-9-8-29-2/h3-7,10H,8-9,11-12H2,1-2H3,(H,26,28). The Kier molecular flexibility index (Phi) is 8.78. The fourth-order valence-corrected chi connectivity index (χ4v) is 3.00. The number of hydrogen-bond donors (Lipinski definition) is 1. The van der Waals surface area contributed by atoms with Crippen molar-refractivity contribution in [2.75, 3.05) is 39.2 Å². The summed E-state index contributed by atoms with van der Waals surface area (Å²) in [7, 11) is 3.15. The van der Waals surface area contributed by atoms with Gasteiger partial charge in [0.25, 0.3) is 0 Å². The molecule has 0 aliphatic rings. The van der Waals surface area contributed by atoms with Crippen LogP contribution in [-0.2, 0) is 22.3 Å². The molecule has 0 radical (unpaired) electrons. The number of rotatable bonds is 9. The van der Waals surface area contributed by atoms with Crippen molar-refractivity contribution in [2.45, 2.75) is 12.7 Å². The van der Waals surface area contributed by atoms with Gasteiger partial charge in [-0.25, -0.2) is 0 Å². The third-order valence-electron chi connectivity index (χ3n) is 4.01. The minimum Gasteiger partial charge on any atom is -0.489 e. The first-order valence-corrected chi connectivity index (χ1v) is 9.61. The number of benzene rings is 2. The maximum Gasteiger partial charge on any atom is 0.416 e. The van der Waals surface area contributed by atoms with Gasteiger partial charge in [0.05, 0.1) is 34.4 Å². The highest BCUT2D eigenvalue weighted by Gasteiger charge is 2.31. The predicted octanol–water partition coefficient (Wildman–Crippen LogP) is 5.11. The van der Waals surface area contributed by atoms with Crippen LogP contribution in [0.1, 0.15) is 11.1 Å². The molecular weight excluding hydrogens is 444 g/mol. The van der Waals surface area contributed by atoms with Crippen LogP contribution in [0.3, 0.4) is 0 Å². The zero-order chi connectivity index (χ0) is 22.3. The highest BCUT2D eigenvalue weighted by molar-refractivity contribution is 6.42. The molecule has 1 amide bonds. The summed E-state index contributed by atoms with van der Waals surface area (Å²) in [6, 6.07) is 8.07. The number of nitrogens with zero attached hydrogens (tertiary/aromatic N) is 1. The van der Waals surface area contributed by atoms with E-state index in [1.165, 1.54) is 13.2 Å². The number of hydrogen-bond acceptors (Lipinski definition) is 4. The minimum absolute atomic E-state index is 0.0693. The second-order valence-corrected chi connectivity index (χ2v) is 7.27. The first kappa shape index (κ1) is 24.3. The second kappa shape index (κ2) is 10.9. The molecule has 1 N–H and O–H groups in total. The first-order valence-electron chi connectivity index (χ1n) is 8.86. The topological polar surface area (TPSA) is 50.8 Å². The van der Waals surface area contributed by atoms with Gasteiger partial charge in [-0.2, -0.15) is 13.2 Å². The fourth-order valence-electron chi connectivity index (χ4n) is 2.62. The summed E-state index contributed by atoms with van der Waals surface area (Å²) in [6.07, 6.45) is -4.55. The van der Waals surface area contributed by atoms with Crippen molar-refractivity contribution in [1.29, 1.82) is 0 Å². The Bertz CT molecular complexity index is 879. The molecule has 0 unspecified atom stereocenters. The van der Waals surface area contributed by atoms with Crippen molar-refractivity contribution in [1.82, 2.24) is 4.90 Å². The average Bonchev–Trinajstić information content (AvgIpc) is 2.65. The number of anilines is 1. The Labute approximate surface area is 182 Å². The lowest BCUT2D eigenvalue weighted by Gasteiger charge is -2.19. The number of nitrogens with one attached hydrogen (secondary N) is 1. The number of methoxy groups -OCH3 is 1. The normalized spacial score (nSPS) is 11.6. The minimum atomic E-state index is -4.55. The van der Waals surface area contributed by atoms with Crippen LogP contribution in [0.15, 0.2) is 36.4 Å². The Balaban J connectivity index is 2.10. The molecule has 0 aromatic heterocycles. The van der Waals surface area contributed by atoms with Gasteiger partial charge in [-0.1, -0.05) is 35.3 Å². The van der Waals surface area contributed by atoms with Crippen LogP contribution in [-0.4, -0.2) is 44.7 Å². The lowest BCUT2D eigenvalue weighted by atomic mass is 10.1. The van der Waals surface area contributed by atoms with E-state index in [1.54, 1.807) is 30.1 Å². The van der Waals surface area contributed by atoms with Crippen LogP contribution in [0.5, 0.6) is 5.75 Å². The fraction of sp³-hybridized carbons (Fsp3) is 0.350. The van der Waals surface area contributed by atoms with Gasteiger partial charge in [-0.15, -0.1) is 0 Å². The van der Waals surface area contributed by atoms with E-state index in [0.717, 1.165) is 17.7 Å². The quantitative estimate of drug-likeness (QED) is 0.524. The first-order chi connectivity index (χ1) is 14.1. The maximum absolute atomic E-state index is 13.1. The largest absolute Gasteiger partial charge is 0.489 e. The zero-order valence-corrected chi connectivity index (χ0v) is 17.9. The summed E-state index contributed by atoms with van der Waals surface area (Å²) in [6.45, 7) is 0.610. The average molecular weight is 465 g/mol. The van der Waals surface area contributed by atoms with E-state index in [-0.39, 0.29) is 31.2 Å². The second-order valence-electron chi connectivity index (χ2n) is 6.48. The smallest absolute Gasteiger partial charge is 0.416 e. The molecule has 0 saturated carbocycles. The third-order valence-corrected chi connectivity index (χ3v) is 4.87. The van der Waals surface area contributed by atoms with Crippen LogP contribution in [0.4, 0.5) is 18.9 Å². The van der Waals surface area contributed by atoms with E-state index < -0.39 is 17.6 Å². The molecule has 0 saturated heterocycles. The summed E-state index contributed by atoms with van der Waals surface area (Å²) in [4.78, 5) is 14.1. The maximum atomic E-state index is 13.1. The number of alkyl halides is 3. The van der Waals surface area contributed by atoms with Gasteiger partial charge < -0.3 is 14.8 Å². The SMILES string of the molecule is COCCOc1ccc(C(F)(F)F)cc1NC(=O)CN(C)Cc1cccc(Cl)c1Cl. The molecular formula is C20H21Cl2F3N2O3. The summed E-state index contributed by atoms with van der Waals surface area (Å²) >= 11 is 12.1. The van der Waals surface area contributed by atoms with Gasteiger partial charge in [-0.05, 0) is 36.9 Å². The molecule has 30 heavy (non-hydrogen) atoms. The number of carbonyl (C=O) groups is 1. The molecule has 0 bridgehead atoms. The molecule has 0 aliphatic carbocycles. The van der Waals surface area contributed by atoms with Crippen LogP contribution in [0.2, 0.25) is 10.0 Å². The van der Waals surface area contributed by atoms with Crippen LogP contribution < -0.4 is 10.1 Å². The van der Waals surface area contributed by atoms with Gasteiger partial charge in [0.1, 0.15) is 12.4 Å². The summed E-state index contributed by atoms with van der Waals surface area (Å²) in [5.74, 6) is -0.388. The molecule has 2 rings (SSSR count). The molecule has 0 fully saturated rings. The Hall–Kier alpha value is -2.00. The Morgan fingerprint density at radius 2 is 1.90 bits per heavy atom. The molecule has 0 heterocycles. The van der Waals surface area contributed by atoms with E-state index in [0.29, 0.717) is 16.6 Å². The molecule has 2 aromatic carbocycles. The number of ether oxygens (including phenoxy) is 2. The lowest BCUT2D eigenvalue weighted by molar-refractivity contribution is -0.137. The van der Waals surface area contributed by atoms with Crippen molar-refractivity contribution in [3.8, 4) is 5.75 Å². The molecule has 10 heteroatoms. The molecule has 5 nitrogen and oxygen atoms in total. The van der Waals surface area contributed by atoms with Crippen molar-refractivity contribution >= 4 is 34.8 Å². The summed E-state index contributed by atoms with van der Waals surface area (Å²) in [5, 5.41) is 3.27. The van der Waals surface area contributed by atoms with Crippen molar-refractivity contribution in [3.63, 3.8) is 0 Å². The van der Waals surface area contributed by atoms with Gasteiger partial charge in [-0.3, -0.25) is 9.69 Å². The highest BCUT2D eigenvalue weighted by Crippen LogP contribution is 2.35. The number of carbonyl (C=O) groups excluding carboxylic acids is 1. The van der Waals surface area contributed by atoms with E-state index in [9.17, 15) is 18.0 Å².